The molecule has 4 nitrogen and oxygen atoms in total. The molecule has 34 heavy (non-hydrogen) atoms. The van der Waals surface area contributed by atoms with Gasteiger partial charge in [-0.3, -0.25) is 4.79 Å². The first-order valence-electron chi connectivity index (χ1n) is 10.7. The van der Waals surface area contributed by atoms with E-state index in [4.69, 9.17) is 0 Å². The Bertz CT molecular complexity index is 1410. The zero-order chi connectivity index (χ0) is 23.3. The molecule has 0 aliphatic heterocycles. The first-order chi connectivity index (χ1) is 16.7. The molecule has 5 aromatic rings. The molecule has 1 amide bonds. The molecule has 5 rings (SSSR count). The number of fused-ring (bicyclic) bond motifs is 1. The minimum Gasteiger partial charge on any atom is -0.344 e. The van der Waals surface area contributed by atoms with Gasteiger partial charge in [0.1, 0.15) is 16.5 Å². The highest BCUT2D eigenvalue weighted by Gasteiger charge is 2.19. The van der Waals surface area contributed by atoms with Crippen molar-refractivity contribution < 1.29 is 9.18 Å². The molecule has 168 valence electrons. The second-order valence-corrected chi connectivity index (χ2v) is 9.56. The lowest BCUT2D eigenvalue weighted by molar-refractivity contribution is -0.119. The van der Waals surface area contributed by atoms with Crippen molar-refractivity contribution in [2.75, 3.05) is 5.75 Å². The molecule has 0 saturated heterocycles. The zero-order valence-electron chi connectivity index (χ0n) is 18.0. The molecular formula is C27H20FN3OS2. The van der Waals surface area contributed by atoms with Crippen LogP contribution in [0, 0.1) is 5.82 Å². The van der Waals surface area contributed by atoms with Crippen molar-refractivity contribution in [2.24, 2.45) is 0 Å². The van der Waals surface area contributed by atoms with Crippen molar-refractivity contribution in [2.45, 2.75) is 11.1 Å². The number of hydrogen-bond donors (Lipinski definition) is 1. The molecule has 0 aliphatic rings. The maximum atomic E-state index is 13.4. The molecule has 0 aliphatic carbocycles. The fourth-order valence-electron chi connectivity index (χ4n) is 3.76. The number of carbonyl (C=O) groups is 1. The van der Waals surface area contributed by atoms with E-state index in [0.717, 1.165) is 26.8 Å². The summed E-state index contributed by atoms with van der Waals surface area (Å²) in [5.41, 5.74) is 2.52. The lowest BCUT2D eigenvalue weighted by atomic mass is 10.1. The Balaban J connectivity index is 1.36. The SMILES string of the molecule is O=C(CSc1nnc(-c2ccc(F)cc2)c2ccccc12)NC(c1ccccc1)c1cccs1. The first-order valence-corrected chi connectivity index (χ1v) is 12.6. The molecule has 0 fully saturated rings. The summed E-state index contributed by atoms with van der Waals surface area (Å²) in [6, 6.07) is 27.8. The molecule has 1 unspecified atom stereocenters. The van der Waals surface area contributed by atoms with E-state index in [1.807, 2.05) is 72.1 Å². The van der Waals surface area contributed by atoms with E-state index >= 15 is 0 Å². The van der Waals surface area contributed by atoms with E-state index in [9.17, 15) is 9.18 Å². The van der Waals surface area contributed by atoms with Crippen LogP contribution in [0.5, 0.6) is 0 Å². The molecule has 1 N–H and O–H groups in total. The number of thiophene rings is 1. The summed E-state index contributed by atoms with van der Waals surface area (Å²) < 4.78 is 13.4. The fraction of sp³-hybridized carbons (Fsp3) is 0.0741. The number of thioether (sulfide) groups is 1. The molecule has 0 radical (unpaired) electrons. The lowest BCUT2D eigenvalue weighted by Crippen LogP contribution is -2.30. The summed E-state index contributed by atoms with van der Waals surface area (Å²) in [6.45, 7) is 0. The Morgan fingerprint density at radius 1 is 0.882 bits per heavy atom. The third kappa shape index (κ3) is 4.85. The van der Waals surface area contributed by atoms with E-state index in [0.29, 0.717) is 10.7 Å². The molecule has 2 heterocycles. The molecule has 1 atom stereocenters. The van der Waals surface area contributed by atoms with E-state index in [1.54, 1.807) is 23.5 Å². The van der Waals surface area contributed by atoms with Crippen LogP contribution in [0.15, 0.2) is 101 Å². The largest absolute Gasteiger partial charge is 0.344 e. The maximum Gasteiger partial charge on any atom is 0.231 e. The summed E-state index contributed by atoms with van der Waals surface area (Å²) >= 11 is 2.97. The van der Waals surface area contributed by atoms with Gasteiger partial charge in [-0.1, -0.05) is 72.4 Å². The van der Waals surface area contributed by atoms with E-state index < -0.39 is 0 Å². The number of nitrogens with zero attached hydrogens (tertiary/aromatic N) is 2. The predicted octanol–water partition coefficient (Wildman–Crippen LogP) is 6.50. The Hall–Kier alpha value is -3.55. The van der Waals surface area contributed by atoms with Gasteiger partial charge in [-0.15, -0.1) is 21.5 Å². The second kappa shape index (κ2) is 10.2. The van der Waals surface area contributed by atoms with Gasteiger partial charge in [-0.2, -0.15) is 0 Å². The number of benzene rings is 3. The normalized spacial score (nSPS) is 11.9. The topological polar surface area (TPSA) is 54.9 Å². The van der Waals surface area contributed by atoms with Crippen LogP contribution < -0.4 is 5.32 Å². The molecule has 7 heteroatoms. The number of aromatic nitrogens is 2. The number of rotatable bonds is 7. The molecule has 0 saturated carbocycles. The van der Waals surface area contributed by atoms with Crippen molar-refractivity contribution >= 4 is 39.8 Å². The minimum atomic E-state index is -0.296. The highest BCUT2D eigenvalue weighted by molar-refractivity contribution is 8.00. The van der Waals surface area contributed by atoms with Gasteiger partial charge in [0.2, 0.25) is 5.91 Å². The number of amides is 1. The van der Waals surface area contributed by atoms with E-state index in [1.165, 1.54) is 23.9 Å². The van der Waals surface area contributed by atoms with Crippen molar-refractivity contribution in [1.82, 2.24) is 15.5 Å². The van der Waals surface area contributed by atoms with Crippen molar-refractivity contribution in [3.8, 4) is 11.3 Å². The van der Waals surface area contributed by atoms with Crippen molar-refractivity contribution in [1.29, 1.82) is 0 Å². The quantitative estimate of drug-likeness (QED) is 0.268. The zero-order valence-corrected chi connectivity index (χ0v) is 19.7. The third-order valence-corrected chi connectivity index (χ3v) is 7.30. The molecular weight excluding hydrogens is 465 g/mol. The van der Waals surface area contributed by atoms with Crippen molar-refractivity contribution in [3.05, 3.63) is 113 Å². The maximum absolute atomic E-state index is 13.4. The molecule has 0 spiro atoms. The molecule has 2 aromatic heterocycles. The summed E-state index contributed by atoms with van der Waals surface area (Å²) in [4.78, 5) is 14.0. The van der Waals surface area contributed by atoms with Crippen molar-refractivity contribution in [3.63, 3.8) is 0 Å². The summed E-state index contributed by atoms with van der Waals surface area (Å²) in [5.74, 6) is -0.167. The van der Waals surface area contributed by atoms with Crippen LogP contribution in [-0.2, 0) is 4.79 Å². The van der Waals surface area contributed by atoms with Gasteiger partial charge in [0.15, 0.2) is 0 Å². The number of hydrogen-bond acceptors (Lipinski definition) is 5. The first kappa shape index (κ1) is 22.3. The van der Waals surface area contributed by atoms with Crippen LogP contribution in [0.1, 0.15) is 16.5 Å². The summed E-state index contributed by atoms with van der Waals surface area (Å²) in [6.07, 6.45) is 0. The average molecular weight is 486 g/mol. The van der Waals surface area contributed by atoms with Gasteiger partial charge in [-0.25, -0.2) is 4.39 Å². The Kier molecular flexibility index (Phi) is 6.65. The number of carbonyl (C=O) groups excluding carboxylic acids is 1. The van der Waals surface area contributed by atoms with Crippen LogP contribution >= 0.6 is 23.1 Å². The van der Waals surface area contributed by atoms with Gasteiger partial charge in [0, 0.05) is 21.2 Å². The van der Waals surface area contributed by atoms with Crippen LogP contribution in [0.4, 0.5) is 4.39 Å². The summed E-state index contributed by atoms with van der Waals surface area (Å²) in [7, 11) is 0. The number of halogens is 1. The van der Waals surface area contributed by atoms with E-state index in [-0.39, 0.29) is 23.5 Å². The highest BCUT2D eigenvalue weighted by atomic mass is 32.2. The highest BCUT2D eigenvalue weighted by Crippen LogP contribution is 2.32. The van der Waals surface area contributed by atoms with Gasteiger partial charge in [0.25, 0.3) is 0 Å². The third-order valence-electron chi connectivity index (χ3n) is 5.38. The Morgan fingerprint density at radius 3 is 2.35 bits per heavy atom. The average Bonchev–Trinajstić information content (AvgIpc) is 3.42. The fourth-order valence-corrected chi connectivity index (χ4v) is 5.35. The van der Waals surface area contributed by atoms with Crippen LogP contribution in [0.25, 0.3) is 22.0 Å². The Labute approximate surface area is 204 Å². The van der Waals surface area contributed by atoms with Gasteiger partial charge < -0.3 is 5.32 Å². The standard InChI is InChI=1S/C27H20FN3OS2/c28-20-14-12-19(13-15-20)25-21-9-4-5-10-22(21)27(31-30-25)34-17-24(32)29-26(23-11-6-16-33-23)18-7-2-1-3-8-18/h1-16,26H,17H2,(H,29,32). The second-order valence-electron chi connectivity index (χ2n) is 7.62. The Morgan fingerprint density at radius 2 is 1.62 bits per heavy atom. The van der Waals surface area contributed by atoms with Gasteiger partial charge in [-0.05, 0) is 41.3 Å². The van der Waals surface area contributed by atoms with Crippen LogP contribution in [0.2, 0.25) is 0 Å². The van der Waals surface area contributed by atoms with E-state index in [2.05, 4.69) is 15.5 Å². The smallest absolute Gasteiger partial charge is 0.231 e. The van der Waals surface area contributed by atoms with Gasteiger partial charge >= 0.3 is 0 Å². The lowest BCUT2D eigenvalue weighted by Gasteiger charge is -2.18. The monoisotopic (exact) mass is 485 g/mol. The van der Waals surface area contributed by atoms with Gasteiger partial charge in [0.05, 0.1) is 11.8 Å². The predicted molar refractivity (Wildman–Crippen MR) is 136 cm³/mol. The minimum absolute atomic E-state index is 0.0826. The number of nitrogens with one attached hydrogen (secondary N) is 1. The summed E-state index contributed by atoms with van der Waals surface area (Å²) in [5, 5.41) is 16.5. The molecule has 3 aromatic carbocycles. The van der Waals surface area contributed by atoms with Crippen LogP contribution in [0.3, 0.4) is 0 Å². The van der Waals surface area contributed by atoms with Crippen LogP contribution in [-0.4, -0.2) is 21.9 Å². The molecule has 0 bridgehead atoms.